The first kappa shape index (κ1) is 24.6. The standard InChI is InChI=1S/C28H29FN6O2/c1-3-19-9-12-25-21(14-19)15-22(28(36)30-25)17-34(18-24-6-5-13-37-24)26(4-2)27-31-32-33-35(27)16-20-7-10-23(29)11-8-20/h5-15,26H,3-4,16-18H2,1-2H3,(H,30,36). The van der Waals surface area contributed by atoms with Crippen LogP contribution in [0.15, 0.2) is 76.1 Å². The van der Waals surface area contributed by atoms with Crippen LogP contribution in [-0.2, 0) is 26.1 Å². The van der Waals surface area contributed by atoms with E-state index in [4.69, 9.17) is 4.42 Å². The van der Waals surface area contributed by atoms with Crippen LogP contribution in [0, 0.1) is 5.82 Å². The van der Waals surface area contributed by atoms with E-state index in [0.29, 0.717) is 37.4 Å². The molecule has 0 spiro atoms. The number of rotatable bonds is 10. The number of hydrogen-bond acceptors (Lipinski definition) is 6. The topological polar surface area (TPSA) is 92.8 Å². The largest absolute Gasteiger partial charge is 0.468 e. The Hall–Kier alpha value is -4.11. The first-order valence-electron chi connectivity index (χ1n) is 12.5. The smallest absolute Gasteiger partial charge is 0.252 e. The molecule has 0 saturated carbocycles. The van der Waals surface area contributed by atoms with Crippen molar-refractivity contribution in [2.45, 2.75) is 52.4 Å². The van der Waals surface area contributed by atoms with E-state index in [1.807, 2.05) is 30.3 Å². The van der Waals surface area contributed by atoms with Gasteiger partial charge >= 0.3 is 0 Å². The van der Waals surface area contributed by atoms with Gasteiger partial charge in [0.05, 0.1) is 25.4 Å². The number of aryl methyl sites for hydroxylation is 1. The number of nitrogens with zero attached hydrogens (tertiary/aromatic N) is 5. The zero-order chi connectivity index (χ0) is 25.8. The molecule has 0 radical (unpaired) electrons. The van der Waals surface area contributed by atoms with E-state index in [-0.39, 0.29) is 17.4 Å². The van der Waals surface area contributed by atoms with Crippen molar-refractivity contribution in [3.05, 3.63) is 111 Å². The minimum absolute atomic E-state index is 0.123. The van der Waals surface area contributed by atoms with E-state index in [1.165, 1.54) is 17.7 Å². The molecule has 8 nitrogen and oxygen atoms in total. The molecule has 0 aliphatic rings. The zero-order valence-electron chi connectivity index (χ0n) is 20.9. The summed E-state index contributed by atoms with van der Waals surface area (Å²) in [5.41, 5.74) is 3.45. The summed E-state index contributed by atoms with van der Waals surface area (Å²) in [4.78, 5) is 18.3. The van der Waals surface area contributed by atoms with E-state index in [9.17, 15) is 9.18 Å². The van der Waals surface area contributed by atoms with Crippen LogP contribution < -0.4 is 5.56 Å². The van der Waals surface area contributed by atoms with Crippen molar-refractivity contribution in [2.75, 3.05) is 0 Å². The highest BCUT2D eigenvalue weighted by Gasteiger charge is 2.27. The van der Waals surface area contributed by atoms with Crippen molar-refractivity contribution in [3.8, 4) is 0 Å². The highest BCUT2D eigenvalue weighted by atomic mass is 19.1. The minimum Gasteiger partial charge on any atom is -0.468 e. The van der Waals surface area contributed by atoms with Crippen molar-refractivity contribution in [1.82, 2.24) is 30.1 Å². The Bertz CT molecular complexity index is 1520. The van der Waals surface area contributed by atoms with Gasteiger partial charge in [-0.25, -0.2) is 9.07 Å². The molecule has 0 aliphatic carbocycles. The molecule has 190 valence electrons. The van der Waals surface area contributed by atoms with Gasteiger partial charge in [-0.1, -0.05) is 32.0 Å². The molecule has 0 aliphatic heterocycles. The van der Waals surface area contributed by atoms with E-state index in [2.05, 4.69) is 45.3 Å². The minimum atomic E-state index is -0.289. The Balaban J connectivity index is 1.50. The van der Waals surface area contributed by atoms with Crippen molar-refractivity contribution in [1.29, 1.82) is 0 Å². The zero-order valence-corrected chi connectivity index (χ0v) is 20.9. The van der Waals surface area contributed by atoms with Gasteiger partial charge < -0.3 is 9.40 Å². The van der Waals surface area contributed by atoms with Crippen LogP contribution in [0.2, 0.25) is 0 Å². The maximum Gasteiger partial charge on any atom is 0.252 e. The summed E-state index contributed by atoms with van der Waals surface area (Å²) in [6.45, 7) is 5.44. The van der Waals surface area contributed by atoms with Gasteiger partial charge in [0.25, 0.3) is 5.56 Å². The molecule has 0 amide bonds. The van der Waals surface area contributed by atoms with Crippen LogP contribution in [0.5, 0.6) is 0 Å². The van der Waals surface area contributed by atoms with Gasteiger partial charge in [0.1, 0.15) is 11.6 Å². The second-order valence-corrected chi connectivity index (χ2v) is 9.13. The maximum absolute atomic E-state index is 13.4. The Morgan fingerprint density at radius 2 is 1.86 bits per heavy atom. The molecule has 5 rings (SSSR count). The van der Waals surface area contributed by atoms with Gasteiger partial charge in [-0.2, -0.15) is 0 Å². The quantitative estimate of drug-likeness (QED) is 0.290. The van der Waals surface area contributed by atoms with Crippen LogP contribution in [0.25, 0.3) is 10.9 Å². The monoisotopic (exact) mass is 500 g/mol. The molecule has 1 unspecified atom stereocenters. The maximum atomic E-state index is 13.4. The lowest BCUT2D eigenvalue weighted by molar-refractivity contribution is 0.149. The number of nitrogens with one attached hydrogen (secondary N) is 1. The number of aromatic nitrogens is 5. The molecule has 0 fully saturated rings. The summed E-state index contributed by atoms with van der Waals surface area (Å²) in [5.74, 6) is 1.16. The predicted octanol–water partition coefficient (Wildman–Crippen LogP) is 5.01. The second kappa shape index (κ2) is 10.9. The third-order valence-corrected chi connectivity index (χ3v) is 6.64. The lowest BCUT2D eigenvalue weighted by Crippen LogP contribution is -2.32. The van der Waals surface area contributed by atoms with Crippen LogP contribution in [0.3, 0.4) is 0 Å². The fourth-order valence-corrected chi connectivity index (χ4v) is 4.67. The van der Waals surface area contributed by atoms with Crippen LogP contribution in [0.4, 0.5) is 4.39 Å². The first-order valence-corrected chi connectivity index (χ1v) is 12.5. The van der Waals surface area contributed by atoms with Gasteiger partial charge in [0.2, 0.25) is 0 Å². The second-order valence-electron chi connectivity index (χ2n) is 9.13. The van der Waals surface area contributed by atoms with Gasteiger partial charge in [0, 0.05) is 17.6 Å². The number of tetrazole rings is 1. The van der Waals surface area contributed by atoms with Gasteiger partial charge in [-0.05, 0) is 82.2 Å². The first-order chi connectivity index (χ1) is 18.0. The molecular formula is C28H29FN6O2. The van der Waals surface area contributed by atoms with E-state index in [1.54, 1.807) is 23.1 Å². The summed E-state index contributed by atoms with van der Waals surface area (Å²) in [5, 5.41) is 13.5. The molecule has 1 atom stereocenters. The summed E-state index contributed by atoms with van der Waals surface area (Å²) < 4.78 is 20.8. The summed E-state index contributed by atoms with van der Waals surface area (Å²) in [6, 6.07) is 17.9. The fourth-order valence-electron chi connectivity index (χ4n) is 4.67. The van der Waals surface area contributed by atoms with Crippen molar-refractivity contribution >= 4 is 10.9 Å². The SMILES string of the molecule is CCc1ccc2[nH]c(=O)c(CN(Cc3ccco3)C(CC)c3nnnn3Cc3ccc(F)cc3)cc2c1. The molecule has 1 N–H and O–H groups in total. The summed E-state index contributed by atoms with van der Waals surface area (Å²) in [7, 11) is 0. The molecule has 5 aromatic rings. The Morgan fingerprint density at radius 3 is 2.59 bits per heavy atom. The predicted molar refractivity (Wildman–Crippen MR) is 138 cm³/mol. The third-order valence-electron chi connectivity index (χ3n) is 6.64. The third kappa shape index (κ3) is 5.51. The fraction of sp³-hybridized carbons (Fsp3) is 0.286. The molecule has 3 aromatic heterocycles. The number of halogens is 1. The van der Waals surface area contributed by atoms with Gasteiger partial charge in [0.15, 0.2) is 5.82 Å². The van der Waals surface area contributed by atoms with Crippen molar-refractivity contribution < 1.29 is 8.81 Å². The van der Waals surface area contributed by atoms with Crippen molar-refractivity contribution in [2.24, 2.45) is 0 Å². The van der Waals surface area contributed by atoms with E-state index < -0.39 is 0 Å². The Kier molecular flexibility index (Phi) is 7.23. The molecule has 0 saturated heterocycles. The molecule has 9 heteroatoms. The van der Waals surface area contributed by atoms with Crippen molar-refractivity contribution in [3.63, 3.8) is 0 Å². The number of aromatic amines is 1. The molecule has 2 aromatic carbocycles. The summed E-state index contributed by atoms with van der Waals surface area (Å²) >= 11 is 0. The number of furan rings is 1. The lowest BCUT2D eigenvalue weighted by Gasteiger charge is -2.29. The average molecular weight is 501 g/mol. The molecule has 0 bridgehead atoms. The van der Waals surface area contributed by atoms with Crippen LogP contribution >= 0.6 is 0 Å². The van der Waals surface area contributed by atoms with Crippen LogP contribution in [-0.4, -0.2) is 30.1 Å². The highest BCUT2D eigenvalue weighted by Crippen LogP contribution is 2.27. The number of hydrogen-bond donors (Lipinski definition) is 1. The number of fused-ring (bicyclic) bond motifs is 1. The molecule has 3 heterocycles. The van der Waals surface area contributed by atoms with E-state index in [0.717, 1.165) is 28.6 Å². The average Bonchev–Trinajstić information content (AvgIpc) is 3.58. The Labute approximate surface area is 213 Å². The Morgan fingerprint density at radius 1 is 1.05 bits per heavy atom. The van der Waals surface area contributed by atoms with E-state index >= 15 is 0 Å². The molecular weight excluding hydrogens is 471 g/mol. The highest BCUT2D eigenvalue weighted by molar-refractivity contribution is 5.79. The van der Waals surface area contributed by atoms with Gasteiger partial charge in [-0.3, -0.25) is 9.69 Å². The van der Waals surface area contributed by atoms with Crippen LogP contribution in [0.1, 0.15) is 54.6 Å². The van der Waals surface area contributed by atoms with Gasteiger partial charge in [-0.15, -0.1) is 5.10 Å². The lowest BCUT2D eigenvalue weighted by atomic mass is 10.1. The number of benzene rings is 2. The normalized spacial score (nSPS) is 12.4. The molecule has 37 heavy (non-hydrogen) atoms. The number of pyridine rings is 1. The number of H-pyrrole nitrogens is 1. The summed E-state index contributed by atoms with van der Waals surface area (Å²) in [6.07, 6.45) is 3.27.